The van der Waals surface area contributed by atoms with Crippen LogP contribution in [0.1, 0.15) is 23.9 Å². The third kappa shape index (κ3) is 4.23. The monoisotopic (exact) mass is 290 g/mol. The molecule has 1 N–H and O–H groups in total. The van der Waals surface area contributed by atoms with Crippen LogP contribution >= 0.6 is 0 Å². The lowest BCUT2D eigenvalue weighted by molar-refractivity contribution is 0.353. The summed E-state index contributed by atoms with van der Waals surface area (Å²) in [7, 11) is 3.29. The fourth-order valence-electron chi connectivity index (χ4n) is 2.21. The van der Waals surface area contributed by atoms with Crippen molar-refractivity contribution in [2.24, 2.45) is 0 Å². The molecule has 0 fully saturated rings. The predicted molar refractivity (Wildman–Crippen MR) is 80.8 cm³/mol. The van der Waals surface area contributed by atoms with Crippen LogP contribution in [0.25, 0.3) is 0 Å². The van der Waals surface area contributed by atoms with Crippen molar-refractivity contribution >= 4 is 0 Å². The van der Waals surface area contributed by atoms with Gasteiger partial charge in [-0.05, 0) is 38.0 Å². The molecule has 0 bridgehead atoms. The molecule has 114 valence electrons. The minimum absolute atomic E-state index is 0.313. The first-order valence-electron chi connectivity index (χ1n) is 6.99. The summed E-state index contributed by atoms with van der Waals surface area (Å²) in [5.41, 5.74) is 2.10. The van der Waals surface area contributed by atoms with Crippen LogP contribution in [0.2, 0.25) is 0 Å². The van der Waals surface area contributed by atoms with E-state index in [2.05, 4.69) is 23.5 Å². The van der Waals surface area contributed by atoms with Crippen LogP contribution in [-0.4, -0.2) is 25.4 Å². The molecule has 0 aliphatic carbocycles. The van der Waals surface area contributed by atoms with Gasteiger partial charge in [0.15, 0.2) is 17.3 Å². The van der Waals surface area contributed by atoms with E-state index in [0.717, 1.165) is 29.4 Å². The van der Waals surface area contributed by atoms with Crippen molar-refractivity contribution in [3.8, 4) is 11.5 Å². The molecule has 0 radical (unpaired) electrons. The molecule has 21 heavy (non-hydrogen) atoms. The summed E-state index contributed by atoms with van der Waals surface area (Å²) < 4.78 is 15.7. The van der Waals surface area contributed by atoms with Crippen LogP contribution in [-0.2, 0) is 13.0 Å². The third-order valence-electron chi connectivity index (χ3n) is 3.29. The van der Waals surface area contributed by atoms with Gasteiger partial charge < -0.3 is 19.3 Å². The summed E-state index contributed by atoms with van der Waals surface area (Å²) in [5.74, 6) is 2.36. The van der Waals surface area contributed by atoms with E-state index in [-0.39, 0.29) is 0 Å². The molecular formula is C16H22N2O3. The fourth-order valence-corrected chi connectivity index (χ4v) is 2.21. The molecule has 0 aliphatic rings. The Morgan fingerprint density at radius 1 is 1.19 bits per heavy atom. The second-order valence-electron chi connectivity index (χ2n) is 5.11. The number of hydrogen-bond acceptors (Lipinski definition) is 5. The minimum atomic E-state index is 0.313. The number of nitrogens with one attached hydrogen (secondary N) is 1. The van der Waals surface area contributed by atoms with E-state index >= 15 is 0 Å². The molecule has 1 atom stereocenters. The Bertz CT molecular complexity index is 581. The number of methoxy groups -OCH3 is 2. The van der Waals surface area contributed by atoms with Gasteiger partial charge in [-0.25, -0.2) is 0 Å². The van der Waals surface area contributed by atoms with Gasteiger partial charge >= 0.3 is 0 Å². The zero-order valence-electron chi connectivity index (χ0n) is 13.0. The lowest BCUT2D eigenvalue weighted by atomic mass is 10.1. The number of hydrogen-bond donors (Lipinski definition) is 1. The zero-order chi connectivity index (χ0) is 15.2. The number of nitrogens with zero attached hydrogens (tertiary/aromatic N) is 1. The average Bonchev–Trinajstić information content (AvgIpc) is 2.90. The average molecular weight is 290 g/mol. The summed E-state index contributed by atoms with van der Waals surface area (Å²) in [5, 5.41) is 7.30. The first-order chi connectivity index (χ1) is 10.1. The summed E-state index contributed by atoms with van der Waals surface area (Å²) in [6.07, 6.45) is 0.896. The second kappa shape index (κ2) is 7.13. The van der Waals surface area contributed by atoms with Crippen LogP contribution in [0.15, 0.2) is 28.8 Å². The molecule has 1 aromatic carbocycles. The highest BCUT2D eigenvalue weighted by Gasteiger charge is 2.09. The summed E-state index contributed by atoms with van der Waals surface area (Å²) in [4.78, 5) is 0. The number of rotatable bonds is 7. The fraction of sp³-hybridized carbons (Fsp3) is 0.438. The Morgan fingerprint density at radius 2 is 1.95 bits per heavy atom. The van der Waals surface area contributed by atoms with Gasteiger partial charge in [0.2, 0.25) is 0 Å². The largest absolute Gasteiger partial charge is 0.493 e. The molecule has 0 saturated heterocycles. The Kier molecular flexibility index (Phi) is 5.22. The Hall–Kier alpha value is -2.01. The summed E-state index contributed by atoms with van der Waals surface area (Å²) >= 11 is 0. The van der Waals surface area contributed by atoms with E-state index in [1.165, 1.54) is 5.56 Å². The van der Waals surface area contributed by atoms with Crippen molar-refractivity contribution < 1.29 is 14.0 Å². The van der Waals surface area contributed by atoms with Gasteiger partial charge in [0.1, 0.15) is 0 Å². The van der Waals surface area contributed by atoms with Gasteiger partial charge in [0, 0.05) is 12.1 Å². The first kappa shape index (κ1) is 15.4. The zero-order valence-corrected chi connectivity index (χ0v) is 13.0. The van der Waals surface area contributed by atoms with E-state index < -0.39 is 0 Å². The smallest absolute Gasteiger partial charge is 0.160 e. The van der Waals surface area contributed by atoms with Crippen LogP contribution < -0.4 is 14.8 Å². The molecule has 0 amide bonds. The van der Waals surface area contributed by atoms with Crippen molar-refractivity contribution in [3.05, 3.63) is 41.3 Å². The van der Waals surface area contributed by atoms with Gasteiger partial charge in [0.25, 0.3) is 0 Å². The lowest BCUT2D eigenvalue weighted by Crippen LogP contribution is -2.27. The molecular weight excluding hydrogens is 268 g/mol. The molecule has 0 aliphatic heterocycles. The highest BCUT2D eigenvalue weighted by atomic mass is 16.5. The van der Waals surface area contributed by atoms with Gasteiger partial charge in [-0.3, -0.25) is 0 Å². The van der Waals surface area contributed by atoms with Crippen LogP contribution in [0.3, 0.4) is 0 Å². The molecule has 2 aromatic rings. The topological polar surface area (TPSA) is 56.5 Å². The Balaban J connectivity index is 1.91. The van der Waals surface area contributed by atoms with Crippen LogP contribution in [0.4, 0.5) is 0 Å². The maximum atomic E-state index is 5.32. The van der Waals surface area contributed by atoms with Crippen molar-refractivity contribution in [3.63, 3.8) is 0 Å². The normalized spacial score (nSPS) is 12.2. The number of aromatic nitrogens is 1. The van der Waals surface area contributed by atoms with Gasteiger partial charge in [-0.15, -0.1) is 0 Å². The highest BCUT2D eigenvalue weighted by Crippen LogP contribution is 2.27. The van der Waals surface area contributed by atoms with Gasteiger partial charge in [-0.2, -0.15) is 0 Å². The van der Waals surface area contributed by atoms with Crippen molar-refractivity contribution in [2.75, 3.05) is 14.2 Å². The van der Waals surface area contributed by atoms with E-state index in [1.54, 1.807) is 14.2 Å². The number of aryl methyl sites for hydroxylation is 1. The molecule has 1 unspecified atom stereocenters. The van der Waals surface area contributed by atoms with Crippen LogP contribution in [0.5, 0.6) is 11.5 Å². The highest BCUT2D eigenvalue weighted by molar-refractivity contribution is 5.43. The summed E-state index contributed by atoms with van der Waals surface area (Å²) in [6.45, 7) is 4.73. The Morgan fingerprint density at radius 3 is 2.57 bits per heavy atom. The third-order valence-corrected chi connectivity index (χ3v) is 3.29. The second-order valence-corrected chi connectivity index (χ2v) is 5.11. The molecule has 1 aromatic heterocycles. The van der Waals surface area contributed by atoms with Crippen LogP contribution in [0, 0.1) is 6.92 Å². The maximum Gasteiger partial charge on any atom is 0.160 e. The van der Waals surface area contributed by atoms with Crippen molar-refractivity contribution in [1.82, 2.24) is 10.5 Å². The number of benzene rings is 1. The van der Waals surface area contributed by atoms with Crippen molar-refractivity contribution in [2.45, 2.75) is 32.9 Å². The predicted octanol–water partition coefficient (Wildman–Crippen LogP) is 2.72. The van der Waals surface area contributed by atoms with E-state index in [4.69, 9.17) is 14.0 Å². The SMILES string of the molecule is COc1ccc(CC(C)NCc2cc(C)no2)cc1OC. The van der Waals surface area contributed by atoms with Gasteiger partial charge in [0.05, 0.1) is 26.5 Å². The Labute approximate surface area is 125 Å². The first-order valence-corrected chi connectivity index (χ1v) is 6.99. The van der Waals surface area contributed by atoms with E-state index in [9.17, 15) is 0 Å². The molecule has 2 rings (SSSR count). The standard InChI is InChI=1S/C16H22N2O3/c1-11(17-10-14-8-12(2)18-21-14)7-13-5-6-15(19-3)16(9-13)20-4/h5-6,8-9,11,17H,7,10H2,1-4H3. The molecule has 1 heterocycles. The summed E-state index contributed by atoms with van der Waals surface area (Å²) in [6, 6.07) is 8.25. The lowest BCUT2D eigenvalue weighted by Gasteiger charge is -2.14. The molecule has 5 heteroatoms. The quantitative estimate of drug-likeness (QED) is 0.849. The van der Waals surface area contributed by atoms with E-state index in [0.29, 0.717) is 12.6 Å². The van der Waals surface area contributed by atoms with E-state index in [1.807, 2.05) is 25.1 Å². The minimum Gasteiger partial charge on any atom is -0.493 e. The molecule has 0 spiro atoms. The van der Waals surface area contributed by atoms with Gasteiger partial charge in [-0.1, -0.05) is 11.2 Å². The molecule has 5 nitrogen and oxygen atoms in total. The number of ether oxygens (including phenoxy) is 2. The maximum absolute atomic E-state index is 5.32. The van der Waals surface area contributed by atoms with Crippen molar-refractivity contribution in [1.29, 1.82) is 0 Å². The molecule has 0 saturated carbocycles.